The summed E-state index contributed by atoms with van der Waals surface area (Å²) in [7, 11) is -1.92. The molecule has 2 N–H and O–H groups in total. The third-order valence-electron chi connectivity index (χ3n) is 3.68. The average Bonchev–Trinajstić information content (AvgIpc) is 2.55. The van der Waals surface area contributed by atoms with Crippen LogP contribution in [0.2, 0.25) is 0 Å². The highest BCUT2D eigenvalue weighted by atomic mass is 32.2. The number of benzene rings is 2. The first kappa shape index (κ1) is 19.0. The van der Waals surface area contributed by atoms with Gasteiger partial charge in [0.2, 0.25) is 15.9 Å². The van der Waals surface area contributed by atoms with Crippen LogP contribution in [0.3, 0.4) is 0 Å². The molecule has 1 amide bonds. The number of hydrogen-bond donors (Lipinski definition) is 2. The summed E-state index contributed by atoms with van der Waals surface area (Å²) in [6.07, 6.45) is 1.05. The number of aryl methyl sites for hydroxylation is 1. The van der Waals surface area contributed by atoms with Crippen LogP contribution in [0.5, 0.6) is 5.75 Å². The van der Waals surface area contributed by atoms with Crippen LogP contribution in [-0.4, -0.2) is 27.7 Å². The Bertz CT molecular complexity index is 832. The van der Waals surface area contributed by atoms with Crippen LogP contribution < -0.4 is 14.8 Å². The first-order valence-corrected chi connectivity index (χ1v) is 9.64. The molecule has 25 heavy (non-hydrogen) atoms. The molecule has 0 bridgehead atoms. The zero-order valence-corrected chi connectivity index (χ0v) is 15.3. The lowest BCUT2D eigenvalue weighted by Gasteiger charge is -2.18. The molecule has 2 aromatic rings. The molecule has 0 saturated heterocycles. The molecule has 0 aromatic heterocycles. The molecule has 0 heterocycles. The summed E-state index contributed by atoms with van der Waals surface area (Å²) in [5.41, 5.74) is 2.33. The van der Waals surface area contributed by atoms with Crippen LogP contribution in [0, 0.1) is 6.92 Å². The standard InChI is InChI=1S/C18H22N2O4S/c1-13-6-4-5-7-16(13)19-18(21)12-17(20-25(3,22)23)14-8-10-15(24-2)11-9-14/h4-11,17,20H,12H2,1-3H3,(H,19,21)/t17-/m0/s1. The van der Waals surface area contributed by atoms with Crippen molar-refractivity contribution in [3.63, 3.8) is 0 Å². The summed E-state index contributed by atoms with van der Waals surface area (Å²) in [6, 6.07) is 13.7. The van der Waals surface area contributed by atoms with Gasteiger partial charge in [-0.1, -0.05) is 30.3 Å². The zero-order valence-electron chi connectivity index (χ0n) is 14.4. The third-order valence-corrected chi connectivity index (χ3v) is 4.40. The average molecular weight is 362 g/mol. The number of carbonyl (C=O) groups is 1. The van der Waals surface area contributed by atoms with Gasteiger partial charge in [-0.3, -0.25) is 4.79 Å². The Hall–Kier alpha value is -2.38. The Morgan fingerprint density at radius 1 is 1.12 bits per heavy atom. The molecular weight excluding hydrogens is 340 g/mol. The van der Waals surface area contributed by atoms with Crippen LogP contribution in [0.15, 0.2) is 48.5 Å². The van der Waals surface area contributed by atoms with Crippen LogP contribution in [0.25, 0.3) is 0 Å². The molecule has 0 spiro atoms. The van der Waals surface area contributed by atoms with E-state index in [0.717, 1.165) is 11.8 Å². The number of para-hydroxylation sites is 1. The molecule has 0 aliphatic heterocycles. The molecule has 0 fully saturated rings. The second-order valence-electron chi connectivity index (χ2n) is 5.78. The van der Waals surface area contributed by atoms with Gasteiger partial charge in [0.1, 0.15) is 5.75 Å². The summed E-state index contributed by atoms with van der Waals surface area (Å²) in [5, 5.41) is 2.82. The van der Waals surface area contributed by atoms with Gasteiger partial charge in [0, 0.05) is 12.1 Å². The maximum Gasteiger partial charge on any atom is 0.226 e. The van der Waals surface area contributed by atoms with Gasteiger partial charge < -0.3 is 10.1 Å². The fraction of sp³-hybridized carbons (Fsp3) is 0.278. The van der Waals surface area contributed by atoms with Gasteiger partial charge in [0.15, 0.2) is 0 Å². The van der Waals surface area contributed by atoms with E-state index in [9.17, 15) is 13.2 Å². The van der Waals surface area contributed by atoms with E-state index in [4.69, 9.17) is 4.74 Å². The summed E-state index contributed by atoms with van der Waals surface area (Å²) < 4.78 is 30.9. The van der Waals surface area contributed by atoms with Crippen molar-refractivity contribution in [2.24, 2.45) is 0 Å². The van der Waals surface area contributed by atoms with Gasteiger partial charge in [-0.2, -0.15) is 0 Å². The maximum atomic E-state index is 12.4. The summed E-state index contributed by atoms with van der Waals surface area (Å²) in [5.74, 6) is 0.387. The molecule has 134 valence electrons. The van der Waals surface area contributed by atoms with E-state index in [1.807, 2.05) is 25.1 Å². The molecule has 0 unspecified atom stereocenters. The van der Waals surface area contributed by atoms with Crippen molar-refractivity contribution in [1.82, 2.24) is 4.72 Å². The van der Waals surface area contributed by atoms with Crippen LogP contribution in [-0.2, 0) is 14.8 Å². The summed E-state index contributed by atoms with van der Waals surface area (Å²) >= 11 is 0. The number of hydrogen-bond acceptors (Lipinski definition) is 4. The van der Waals surface area contributed by atoms with E-state index in [0.29, 0.717) is 17.0 Å². The minimum Gasteiger partial charge on any atom is -0.497 e. The Labute approximate surface area is 148 Å². The quantitative estimate of drug-likeness (QED) is 0.793. The van der Waals surface area contributed by atoms with Gasteiger partial charge in [-0.25, -0.2) is 13.1 Å². The number of carbonyl (C=O) groups excluding carboxylic acids is 1. The predicted molar refractivity (Wildman–Crippen MR) is 98.1 cm³/mol. The van der Waals surface area contributed by atoms with Gasteiger partial charge in [-0.15, -0.1) is 0 Å². The molecule has 0 aliphatic carbocycles. The Balaban J connectivity index is 2.17. The molecule has 2 rings (SSSR count). The smallest absolute Gasteiger partial charge is 0.226 e. The van der Waals surface area contributed by atoms with Gasteiger partial charge in [-0.05, 0) is 36.2 Å². The van der Waals surface area contributed by atoms with Crippen molar-refractivity contribution < 1.29 is 17.9 Å². The van der Waals surface area contributed by atoms with Crippen molar-refractivity contribution in [3.05, 3.63) is 59.7 Å². The van der Waals surface area contributed by atoms with E-state index in [2.05, 4.69) is 10.0 Å². The van der Waals surface area contributed by atoms with Crippen LogP contribution >= 0.6 is 0 Å². The lowest BCUT2D eigenvalue weighted by Crippen LogP contribution is -2.30. The van der Waals surface area contributed by atoms with Crippen molar-refractivity contribution in [1.29, 1.82) is 0 Å². The van der Waals surface area contributed by atoms with Crippen molar-refractivity contribution >= 4 is 21.6 Å². The topological polar surface area (TPSA) is 84.5 Å². The highest BCUT2D eigenvalue weighted by molar-refractivity contribution is 7.88. The fourth-order valence-corrected chi connectivity index (χ4v) is 3.16. The van der Waals surface area contributed by atoms with Crippen molar-refractivity contribution in [3.8, 4) is 5.75 Å². The van der Waals surface area contributed by atoms with Crippen LogP contribution in [0.4, 0.5) is 5.69 Å². The normalized spacial score (nSPS) is 12.4. The molecule has 2 aromatic carbocycles. The molecular formula is C18H22N2O4S. The SMILES string of the molecule is COc1ccc([C@H](CC(=O)Nc2ccccc2C)NS(C)(=O)=O)cc1. The van der Waals surface area contributed by atoms with Gasteiger partial charge in [0.05, 0.1) is 19.4 Å². The third kappa shape index (κ3) is 5.88. The second kappa shape index (κ2) is 8.13. The number of nitrogens with one attached hydrogen (secondary N) is 2. The lowest BCUT2D eigenvalue weighted by atomic mass is 10.0. The van der Waals surface area contributed by atoms with E-state index < -0.39 is 16.1 Å². The Morgan fingerprint density at radius 2 is 1.76 bits per heavy atom. The second-order valence-corrected chi connectivity index (χ2v) is 7.56. The summed E-state index contributed by atoms with van der Waals surface area (Å²) in [4.78, 5) is 12.4. The van der Waals surface area contributed by atoms with Crippen molar-refractivity contribution in [2.75, 3.05) is 18.7 Å². The number of sulfonamides is 1. The maximum absolute atomic E-state index is 12.4. The lowest BCUT2D eigenvalue weighted by molar-refractivity contribution is -0.116. The highest BCUT2D eigenvalue weighted by Crippen LogP contribution is 2.22. The number of anilines is 1. The van der Waals surface area contributed by atoms with E-state index in [-0.39, 0.29) is 12.3 Å². The number of amides is 1. The van der Waals surface area contributed by atoms with Gasteiger partial charge >= 0.3 is 0 Å². The van der Waals surface area contributed by atoms with E-state index >= 15 is 0 Å². The zero-order chi connectivity index (χ0) is 18.4. The minimum atomic E-state index is -3.48. The molecule has 0 saturated carbocycles. The minimum absolute atomic E-state index is 0.0201. The monoisotopic (exact) mass is 362 g/mol. The van der Waals surface area contributed by atoms with E-state index in [1.165, 1.54) is 0 Å². The molecule has 7 heteroatoms. The highest BCUT2D eigenvalue weighted by Gasteiger charge is 2.20. The number of rotatable bonds is 7. The first-order valence-electron chi connectivity index (χ1n) is 7.75. The first-order chi connectivity index (χ1) is 11.8. The molecule has 6 nitrogen and oxygen atoms in total. The number of ether oxygens (including phenoxy) is 1. The van der Waals surface area contributed by atoms with Crippen molar-refractivity contribution in [2.45, 2.75) is 19.4 Å². The van der Waals surface area contributed by atoms with Gasteiger partial charge in [0.25, 0.3) is 0 Å². The Kier molecular flexibility index (Phi) is 6.17. The molecule has 0 aliphatic rings. The summed E-state index contributed by atoms with van der Waals surface area (Å²) in [6.45, 7) is 1.89. The largest absolute Gasteiger partial charge is 0.497 e. The van der Waals surface area contributed by atoms with Crippen LogP contribution in [0.1, 0.15) is 23.6 Å². The fourth-order valence-electron chi connectivity index (χ4n) is 2.42. The predicted octanol–water partition coefficient (Wildman–Crippen LogP) is 2.62. The Morgan fingerprint density at radius 3 is 2.32 bits per heavy atom. The molecule has 1 atom stereocenters. The molecule has 0 radical (unpaired) electrons. The van der Waals surface area contributed by atoms with E-state index in [1.54, 1.807) is 37.4 Å². The number of methoxy groups -OCH3 is 1.